The number of pyridine rings is 1. The van der Waals surface area contributed by atoms with Crippen LogP contribution in [-0.4, -0.2) is 29.8 Å². The molecule has 3 aliphatic rings. The van der Waals surface area contributed by atoms with E-state index in [1.54, 1.807) is 6.20 Å². The third-order valence-corrected chi connectivity index (χ3v) is 5.26. The van der Waals surface area contributed by atoms with Crippen LogP contribution in [0.3, 0.4) is 0 Å². The van der Waals surface area contributed by atoms with E-state index in [-0.39, 0.29) is 12.7 Å². The Morgan fingerprint density at radius 3 is 2.96 bits per heavy atom. The van der Waals surface area contributed by atoms with E-state index in [0.29, 0.717) is 18.2 Å². The molecule has 0 radical (unpaired) electrons. The van der Waals surface area contributed by atoms with Crippen molar-refractivity contribution in [1.82, 2.24) is 10.3 Å². The van der Waals surface area contributed by atoms with Crippen molar-refractivity contribution in [2.45, 2.75) is 31.8 Å². The van der Waals surface area contributed by atoms with Crippen molar-refractivity contribution in [3.63, 3.8) is 0 Å². The second-order valence-electron chi connectivity index (χ2n) is 7.37. The first-order chi connectivity index (χ1) is 12.6. The molecule has 1 aromatic heterocycles. The first kappa shape index (κ1) is 15.5. The van der Waals surface area contributed by atoms with Gasteiger partial charge in [-0.15, -0.1) is 0 Å². The Bertz CT molecular complexity index is 893. The summed E-state index contributed by atoms with van der Waals surface area (Å²) >= 11 is 0. The number of benzene rings is 1. The molecular formula is C20H20N2O4. The number of nitrogens with one attached hydrogen (secondary N) is 1. The van der Waals surface area contributed by atoms with Crippen LogP contribution in [0.1, 0.15) is 25.3 Å². The highest BCUT2D eigenvalue weighted by atomic mass is 16.7. The monoisotopic (exact) mass is 352 g/mol. The maximum absolute atomic E-state index is 12.7. The van der Waals surface area contributed by atoms with Crippen LogP contribution in [0.4, 0.5) is 0 Å². The fourth-order valence-electron chi connectivity index (χ4n) is 3.53. The van der Waals surface area contributed by atoms with Crippen LogP contribution in [0.2, 0.25) is 0 Å². The lowest BCUT2D eigenvalue weighted by molar-refractivity contribution is -0.134. The van der Waals surface area contributed by atoms with Crippen LogP contribution in [0.15, 0.2) is 30.5 Å². The van der Waals surface area contributed by atoms with Gasteiger partial charge in [-0.2, -0.15) is 0 Å². The normalized spacial score (nSPS) is 22.7. The number of nitrogens with zero attached hydrogens (tertiary/aromatic N) is 1. The molecule has 0 bridgehead atoms. The highest BCUT2D eigenvalue weighted by molar-refractivity contribution is 5.87. The summed E-state index contributed by atoms with van der Waals surface area (Å²) < 4.78 is 16.9. The minimum Gasteiger partial charge on any atom is -0.461 e. The zero-order valence-electron chi connectivity index (χ0n) is 14.6. The molecule has 1 aliphatic carbocycles. The van der Waals surface area contributed by atoms with E-state index in [2.05, 4.69) is 10.3 Å². The van der Waals surface area contributed by atoms with Crippen LogP contribution in [0.5, 0.6) is 17.4 Å². The lowest BCUT2D eigenvalue weighted by Gasteiger charge is -2.22. The van der Waals surface area contributed by atoms with E-state index in [4.69, 9.17) is 14.2 Å². The lowest BCUT2D eigenvalue weighted by Crippen LogP contribution is -2.48. The van der Waals surface area contributed by atoms with Gasteiger partial charge in [0.15, 0.2) is 17.1 Å². The Hall–Kier alpha value is -2.76. The number of aromatic nitrogens is 1. The first-order valence-electron chi connectivity index (χ1n) is 8.98. The molecule has 6 nitrogen and oxygen atoms in total. The molecule has 0 saturated heterocycles. The van der Waals surface area contributed by atoms with Crippen LogP contribution >= 0.6 is 0 Å². The number of carbonyl (C=O) groups excluding carboxylic acids is 1. The van der Waals surface area contributed by atoms with Gasteiger partial charge in [0.25, 0.3) is 5.91 Å². The molecule has 1 amide bonds. The van der Waals surface area contributed by atoms with E-state index >= 15 is 0 Å². The van der Waals surface area contributed by atoms with Crippen molar-refractivity contribution < 1.29 is 19.0 Å². The van der Waals surface area contributed by atoms with E-state index in [1.165, 1.54) is 12.8 Å². The fraction of sp³-hybridized carbons (Fsp3) is 0.400. The molecular weight excluding hydrogens is 332 g/mol. The van der Waals surface area contributed by atoms with Crippen LogP contribution in [0.25, 0.3) is 11.1 Å². The largest absolute Gasteiger partial charge is 0.461 e. The number of hydrogen-bond donors (Lipinski definition) is 1. The summed E-state index contributed by atoms with van der Waals surface area (Å²) in [6.45, 7) is 2.81. The molecule has 1 unspecified atom stereocenters. The second kappa shape index (κ2) is 5.62. The van der Waals surface area contributed by atoms with Gasteiger partial charge in [-0.3, -0.25) is 4.79 Å². The molecule has 2 aromatic rings. The van der Waals surface area contributed by atoms with Crippen LogP contribution in [-0.2, 0) is 11.2 Å². The van der Waals surface area contributed by atoms with E-state index in [1.807, 2.05) is 31.2 Å². The van der Waals surface area contributed by atoms with Crippen molar-refractivity contribution in [3.05, 3.63) is 36.0 Å². The average Bonchev–Trinajstić information content (AvgIpc) is 3.22. The summed E-state index contributed by atoms with van der Waals surface area (Å²) in [5.41, 5.74) is 2.04. The van der Waals surface area contributed by atoms with Gasteiger partial charge in [0.2, 0.25) is 12.7 Å². The van der Waals surface area contributed by atoms with Crippen LogP contribution < -0.4 is 19.5 Å². The molecule has 3 heterocycles. The van der Waals surface area contributed by atoms with Gasteiger partial charge in [0, 0.05) is 24.7 Å². The molecule has 5 rings (SSSR count). The predicted molar refractivity (Wildman–Crippen MR) is 94.3 cm³/mol. The molecule has 6 heteroatoms. The maximum atomic E-state index is 12.7. The maximum Gasteiger partial charge on any atom is 0.264 e. The summed E-state index contributed by atoms with van der Waals surface area (Å²) in [7, 11) is 0. The van der Waals surface area contributed by atoms with E-state index < -0.39 is 5.60 Å². The molecule has 1 aromatic carbocycles. The number of rotatable bonds is 4. The lowest BCUT2D eigenvalue weighted by atomic mass is 9.93. The Morgan fingerprint density at radius 2 is 2.12 bits per heavy atom. The summed E-state index contributed by atoms with van der Waals surface area (Å²) in [6.07, 6.45) is 4.62. The zero-order valence-corrected chi connectivity index (χ0v) is 14.6. The molecule has 134 valence electrons. The van der Waals surface area contributed by atoms with Gasteiger partial charge < -0.3 is 19.5 Å². The molecule has 1 fully saturated rings. The van der Waals surface area contributed by atoms with Gasteiger partial charge in [0.05, 0.1) is 0 Å². The van der Waals surface area contributed by atoms with E-state index in [9.17, 15) is 4.79 Å². The molecule has 2 aliphatic heterocycles. The Kier molecular flexibility index (Phi) is 3.35. The summed E-state index contributed by atoms with van der Waals surface area (Å²) in [4.78, 5) is 17.0. The molecule has 26 heavy (non-hydrogen) atoms. The fourth-order valence-corrected chi connectivity index (χ4v) is 3.53. The third kappa shape index (κ3) is 2.57. The summed E-state index contributed by atoms with van der Waals surface area (Å²) in [6, 6.07) is 7.81. The van der Waals surface area contributed by atoms with Crippen LogP contribution in [0, 0.1) is 5.92 Å². The van der Waals surface area contributed by atoms with Gasteiger partial charge in [-0.1, -0.05) is 6.07 Å². The van der Waals surface area contributed by atoms with Gasteiger partial charge >= 0.3 is 0 Å². The number of ether oxygens (including phenoxy) is 3. The smallest absolute Gasteiger partial charge is 0.264 e. The second-order valence-corrected chi connectivity index (χ2v) is 7.37. The quantitative estimate of drug-likeness (QED) is 0.916. The van der Waals surface area contributed by atoms with Crippen molar-refractivity contribution in [2.24, 2.45) is 5.92 Å². The third-order valence-electron chi connectivity index (χ3n) is 5.26. The number of hydrogen-bond acceptors (Lipinski definition) is 5. The first-order valence-corrected chi connectivity index (χ1v) is 8.98. The number of amides is 1. The minimum absolute atomic E-state index is 0.0703. The van der Waals surface area contributed by atoms with Gasteiger partial charge in [-0.05, 0) is 55.0 Å². The Morgan fingerprint density at radius 1 is 1.27 bits per heavy atom. The molecule has 1 atom stereocenters. The molecule has 0 spiro atoms. The number of fused-ring (bicyclic) bond motifs is 2. The molecule has 1 N–H and O–H groups in total. The number of carbonyl (C=O) groups is 1. The van der Waals surface area contributed by atoms with Crippen molar-refractivity contribution in [1.29, 1.82) is 0 Å². The van der Waals surface area contributed by atoms with Crippen molar-refractivity contribution in [2.75, 3.05) is 13.3 Å². The topological polar surface area (TPSA) is 69.7 Å². The Labute approximate surface area is 151 Å². The summed E-state index contributed by atoms with van der Waals surface area (Å²) in [5, 5.41) is 3.03. The standard InChI is InChI=1S/C20H20N2O4/c1-20(19(23)22-10-12-2-3-12)9-15-14(6-7-21-18(15)26-20)13-4-5-16-17(8-13)25-11-24-16/h4-8,12H,2-3,9-11H2,1H3,(H,22,23). The predicted octanol–water partition coefficient (Wildman–Crippen LogP) is 2.70. The average molecular weight is 352 g/mol. The van der Waals surface area contributed by atoms with E-state index in [0.717, 1.165) is 34.7 Å². The highest BCUT2D eigenvalue weighted by Crippen LogP contribution is 2.42. The van der Waals surface area contributed by atoms with Gasteiger partial charge in [0.1, 0.15) is 0 Å². The SMILES string of the molecule is CC1(C(=O)NCC2CC2)Cc2c(-c3ccc4c(c3)OCO4)ccnc2O1. The summed E-state index contributed by atoms with van der Waals surface area (Å²) in [5.74, 6) is 2.58. The minimum atomic E-state index is -0.920. The Balaban J connectivity index is 1.44. The zero-order chi connectivity index (χ0) is 17.7. The van der Waals surface area contributed by atoms with Gasteiger partial charge in [-0.25, -0.2) is 4.98 Å². The highest BCUT2D eigenvalue weighted by Gasteiger charge is 2.44. The molecule has 1 saturated carbocycles. The van der Waals surface area contributed by atoms with Crippen molar-refractivity contribution in [3.8, 4) is 28.5 Å². The van der Waals surface area contributed by atoms with Crippen molar-refractivity contribution >= 4 is 5.91 Å².